The maximum absolute atomic E-state index is 12.4. The Morgan fingerprint density at radius 3 is 2.61 bits per heavy atom. The highest BCUT2D eigenvalue weighted by atomic mass is 35.5. The smallest absolute Gasteiger partial charge is 0.228 e. The number of carbonyl (C=O) groups is 1. The van der Waals surface area contributed by atoms with E-state index in [0.29, 0.717) is 0 Å². The molecule has 3 heteroatoms. The van der Waals surface area contributed by atoms with Crippen LogP contribution in [0.4, 0.5) is 0 Å². The molecule has 0 aromatic heterocycles. The Hall–Kier alpha value is -1.02. The molecule has 1 saturated heterocycles. The summed E-state index contributed by atoms with van der Waals surface area (Å²) in [5.74, 6) is 0.213. The Morgan fingerprint density at radius 2 is 2.00 bits per heavy atom. The van der Waals surface area contributed by atoms with Gasteiger partial charge in [0.25, 0.3) is 0 Å². The van der Waals surface area contributed by atoms with Crippen molar-refractivity contribution >= 4 is 17.5 Å². The molecule has 1 amide bonds. The highest BCUT2D eigenvalue weighted by Gasteiger charge is 2.36. The predicted octanol–water partition coefficient (Wildman–Crippen LogP) is 4.05. The second kappa shape index (κ2) is 4.93. The first kappa shape index (κ1) is 13.4. The maximum Gasteiger partial charge on any atom is 0.228 e. The molecule has 0 aliphatic carbocycles. The second-order valence-electron chi connectivity index (χ2n) is 5.93. The van der Waals surface area contributed by atoms with Crippen LogP contribution >= 0.6 is 11.6 Å². The third-order valence-electron chi connectivity index (χ3n) is 3.42. The van der Waals surface area contributed by atoms with Crippen molar-refractivity contribution in [1.29, 1.82) is 0 Å². The van der Waals surface area contributed by atoms with Gasteiger partial charge in [0.2, 0.25) is 5.91 Å². The van der Waals surface area contributed by atoms with Gasteiger partial charge in [-0.1, -0.05) is 50.6 Å². The summed E-state index contributed by atoms with van der Waals surface area (Å²) in [4.78, 5) is 14.4. The zero-order valence-electron chi connectivity index (χ0n) is 11.2. The fourth-order valence-electron chi connectivity index (χ4n) is 2.51. The van der Waals surface area contributed by atoms with Gasteiger partial charge in [-0.15, -0.1) is 0 Å². The minimum atomic E-state index is -0.330. The lowest BCUT2D eigenvalue weighted by atomic mass is 9.93. The van der Waals surface area contributed by atoms with Crippen molar-refractivity contribution < 1.29 is 4.79 Å². The van der Waals surface area contributed by atoms with E-state index in [1.807, 2.05) is 49.9 Å². The number of amides is 1. The molecule has 1 atom stereocenters. The quantitative estimate of drug-likeness (QED) is 0.750. The number of likely N-dealkylation sites (tertiary alicyclic amines) is 1. The van der Waals surface area contributed by atoms with E-state index in [0.717, 1.165) is 30.0 Å². The van der Waals surface area contributed by atoms with Gasteiger partial charge in [0.15, 0.2) is 0 Å². The molecule has 0 bridgehead atoms. The summed E-state index contributed by atoms with van der Waals surface area (Å²) in [6.45, 7) is 6.75. The molecular weight excluding hydrogens is 246 g/mol. The SMILES string of the molecule is CC(C)(C)C(=O)N1CCCC1c1ccccc1Cl. The summed E-state index contributed by atoms with van der Waals surface area (Å²) in [6.07, 6.45) is 2.06. The van der Waals surface area contributed by atoms with E-state index in [1.54, 1.807) is 0 Å². The Kier molecular flexibility index (Phi) is 3.67. The second-order valence-corrected chi connectivity index (χ2v) is 6.34. The van der Waals surface area contributed by atoms with Crippen molar-refractivity contribution in [2.75, 3.05) is 6.54 Å². The van der Waals surface area contributed by atoms with Crippen molar-refractivity contribution in [2.24, 2.45) is 5.41 Å². The van der Waals surface area contributed by atoms with Gasteiger partial charge in [-0.2, -0.15) is 0 Å². The van der Waals surface area contributed by atoms with Crippen LogP contribution < -0.4 is 0 Å². The Balaban J connectivity index is 2.29. The summed E-state index contributed by atoms with van der Waals surface area (Å²) >= 11 is 6.25. The first-order chi connectivity index (χ1) is 8.41. The molecule has 1 aliphatic rings. The lowest BCUT2D eigenvalue weighted by Gasteiger charge is -2.31. The topological polar surface area (TPSA) is 20.3 Å². The number of nitrogens with zero attached hydrogens (tertiary/aromatic N) is 1. The summed E-state index contributed by atoms with van der Waals surface area (Å²) < 4.78 is 0. The zero-order valence-corrected chi connectivity index (χ0v) is 12.0. The molecule has 0 spiro atoms. The average molecular weight is 266 g/mol. The standard InChI is InChI=1S/C15H20ClNO/c1-15(2,3)14(18)17-10-6-9-13(17)11-7-4-5-8-12(11)16/h4-5,7-8,13H,6,9-10H2,1-3H3. The number of rotatable bonds is 1. The Morgan fingerprint density at radius 1 is 1.33 bits per heavy atom. The Labute approximate surface area is 114 Å². The van der Waals surface area contributed by atoms with Gasteiger partial charge < -0.3 is 4.90 Å². The maximum atomic E-state index is 12.4. The van der Waals surface area contributed by atoms with Gasteiger partial charge in [-0.25, -0.2) is 0 Å². The van der Waals surface area contributed by atoms with Crippen molar-refractivity contribution in [3.8, 4) is 0 Å². The lowest BCUT2D eigenvalue weighted by molar-refractivity contribution is -0.140. The molecule has 0 N–H and O–H groups in total. The van der Waals surface area contributed by atoms with Crippen molar-refractivity contribution in [3.63, 3.8) is 0 Å². The van der Waals surface area contributed by atoms with E-state index in [2.05, 4.69) is 0 Å². The van der Waals surface area contributed by atoms with Gasteiger partial charge in [-0.3, -0.25) is 4.79 Å². The molecular formula is C15H20ClNO. The van der Waals surface area contributed by atoms with Crippen LogP contribution in [0.25, 0.3) is 0 Å². The van der Waals surface area contributed by atoms with E-state index in [9.17, 15) is 4.79 Å². The molecule has 1 aliphatic heterocycles. The van der Waals surface area contributed by atoms with Gasteiger partial charge >= 0.3 is 0 Å². The lowest BCUT2D eigenvalue weighted by Crippen LogP contribution is -2.39. The molecule has 1 fully saturated rings. The van der Waals surface area contributed by atoms with E-state index >= 15 is 0 Å². The van der Waals surface area contributed by atoms with Crippen LogP contribution in [0.2, 0.25) is 5.02 Å². The van der Waals surface area contributed by atoms with Crippen LogP contribution in [0.3, 0.4) is 0 Å². The Bertz CT molecular complexity index is 450. The highest BCUT2D eigenvalue weighted by Crippen LogP contribution is 2.37. The molecule has 1 aromatic rings. The van der Waals surface area contributed by atoms with Crippen LogP contribution in [0.15, 0.2) is 24.3 Å². The minimum Gasteiger partial charge on any atom is -0.335 e. The van der Waals surface area contributed by atoms with Crippen LogP contribution in [0.1, 0.15) is 45.2 Å². The van der Waals surface area contributed by atoms with Crippen LogP contribution in [-0.4, -0.2) is 17.4 Å². The van der Waals surface area contributed by atoms with Crippen molar-refractivity contribution in [3.05, 3.63) is 34.9 Å². The summed E-state index contributed by atoms with van der Waals surface area (Å²) in [5.41, 5.74) is 0.749. The minimum absolute atomic E-state index is 0.144. The first-order valence-corrected chi connectivity index (χ1v) is 6.84. The summed E-state index contributed by atoms with van der Waals surface area (Å²) in [5, 5.41) is 0.760. The highest BCUT2D eigenvalue weighted by molar-refractivity contribution is 6.31. The molecule has 0 saturated carbocycles. The average Bonchev–Trinajstić information content (AvgIpc) is 2.76. The van der Waals surface area contributed by atoms with Crippen LogP contribution in [0, 0.1) is 5.41 Å². The molecule has 1 unspecified atom stereocenters. The van der Waals surface area contributed by atoms with Crippen LogP contribution in [0.5, 0.6) is 0 Å². The van der Waals surface area contributed by atoms with E-state index in [4.69, 9.17) is 11.6 Å². The van der Waals surface area contributed by atoms with E-state index in [1.165, 1.54) is 0 Å². The molecule has 18 heavy (non-hydrogen) atoms. The van der Waals surface area contributed by atoms with Gasteiger partial charge in [0.1, 0.15) is 0 Å². The van der Waals surface area contributed by atoms with Crippen molar-refractivity contribution in [2.45, 2.75) is 39.7 Å². The summed E-state index contributed by atoms with van der Waals surface area (Å²) in [6, 6.07) is 7.98. The molecule has 1 heterocycles. The molecule has 2 nitrogen and oxygen atoms in total. The van der Waals surface area contributed by atoms with E-state index < -0.39 is 0 Å². The predicted molar refractivity (Wildman–Crippen MR) is 74.6 cm³/mol. The zero-order chi connectivity index (χ0) is 13.3. The fourth-order valence-corrected chi connectivity index (χ4v) is 2.77. The van der Waals surface area contributed by atoms with Crippen molar-refractivity contribution in [1.82, 2.24) is 4.90 Å². The van der Waals surface area contributed by atoms with E-state index in [-0.39, 0.29) is 17.4 Å². The molecule has 2 rings (SSSR count). The van der Waals surface area contributed by atoms with Gasteiger partial charge in [0.05, 0.1) is 6.04 Å². The number of halogens is 1. The monoisotopic (exact) mass is 265 g/mol. The number of carbonyl (C=O) groups excluding carboxylic acids is 1. The molecule has 1 aromatic carbocycles. The fraction of sp³-hybridized carbons (Fsp3) is 0.533. The van der Waals surface area contributed by atoms with Gasteiger partial charge in [-0.05, 0) is 24.5 Å². The molecule has 98 valence electrons. The van der Waals surface area contributed by atoms with Crippen LogP contribution in [-0.2, 0) is 4.79 Å². The normalized spacial score (nSPS) is 20.2. The van der Waals surface area contributed by atoms with Gasteiger partial charge in [0, 0.05) is 17.0 Å². The number of hydrogen-bond donors (Lipinski definition) is 0. The number of benzene rings is 1. The first-order valence-electron chi connectivity index (χ1n) is 6.47. The number of hydrogen-bond acceptors (Lipinski definition) is 1. The third kappa shape index (κ3) is 2.54. The summed E-state index contributed by atoms with van der Waals surface area (Å²) in [7, 11) is 0. The largest absolute Gasteiger partial charge is 0.335 e. The third-order valence-corrected chi connectivity index (χ3v) is 3.76. The molecule has 0 radical (unpaired) electrons.